The third kappa shape index (κ3) is 6.60. The Balaban J connectivity index is 1.40. The summed E-state index contributed by atoms with van der Waals surface area (Å²) in [4.78, 5) is 11.4. The predicted molar refractivity (Wildman–Crippen MR) is 159 cm³/mol. The van der Waals surface area contributed by atoms with Gasteiger partial charge >= 0.3 is 0 Å². The molecule has 0 fully saturated rings. The minimum absolute atomic E-state index is 0.304. The Morgan fingerprint density at radius 1 is 0.927 bits per heavy atom. The van der Waals surface area contributed by atoms with Crippen LogP contribution in [0.3, 0.4) is 0 Å². The number of methoxy groups -OCH3 is 1. The van der Waals surface area contributed by atoms with E-state index in [1.54, 1.807) is 7.11 Å². The lowest BCUT2D eigenvalue weighted by Crippen LogP contribution is -2.11. The number of benzene rings is 4. The molecule has 1 atom stereocenters. The molecule has 5 rings (SSSR count). The number of thioether (sulfide) groups is 1. The van der Waals surface area contributed by atoms with Crippen LogP contribution >= 0.6 is 11.8 Å². The number of rotatable bonds is 12. The second-order valence-corrected chi connectivity index (χ2v) is 10.5. The van der Waals surface area contributed by atoms with Crippen molar-refractivity contribution in [3.05, 3.63) is 112 Å². The van der Waals surface area contributed by atoms with E-state index in [-0.39, 0.29) is 11.5 Å². The fourth-order valence-electron chi connectivity index (χ4n) is 4.52. The molecule has 0 unspecified atom stereocenters. The fraction of sp³-hybridized carbons (Fsp3) is 0.226. The third-order valence-electron chi connectivity index (χ3n) is 6.54. The van der Waals surface area contributed by atoms with Crippen LogP contribution in [-0.4, -0.2) is 39.9 Å². The maximum absolute atomic E-state index is 11.7. The van der Waals surface area contributed by atoms with Crippen molar-refractivity contribution in [3.8, 4) is 22.9 Å². The monoisotopic (exact) mass is 570 g/mol. The summed E-state index contributed by atoms with van der Waals surface area (Å²) in [5.41, 5.74) is 2.60. The molecule has 0 radical (unpaired) electrons. The smallest absolute Gasteiger partial charge is 0.220 e. The molecule has 0 aliphatic heterocycles. The second kappa shape index (κ2) is 12.7. The van der Waals surface area contributed by atoms with E-state index in [2.05, 4.69) is 34.5 Å². The molecule has 0 saturated heterocycles. The Kier molecular flexibility index (Phi) is 8.69. The van der Waals surface area contributed by atoms with Gasteiger partial charge < -0.3 is 14.2 Å². The van der Waals surface area contributed by atoms with Gasteiger partial charge in [0, 0.05) is 10.6 Å². The number of ether oxygens (including phenoxy) is 3. The average molecular weight is 571 g/mol. The van der Waals surface area contributed by atoms with Crippen molar-refractivity contribution >= 4 is 22.5 Å². The Hall–Kier alpha value is -4.57. The highest BCUT2D eigenvalue weighted by Crippen LogP contribution is 2.40. The minimum Gasteiger partial charge on any atom is -0.497 e. The van der Waals surface area contributed by atoms with Gasteiger partial charge in [-0.3, -0.25) is 14.7 Å². The van der Waals surface area contributed by atoms with E-state index in [4.69, 9.17) is 14.2 Å². The maximum atomic E-state index is 11.7. The summed E-state index contributed by atoms with van der Waals surface area (Å²) < 4.78 is 19.2. The molecule has 210 valence electrons. The summed E-state index contributed by atoms with van der Waals surface area (Å²) in [6.07, 6.45) is 0. The van der Waals surface area contributed by atoms with Crippen LogP contribution in [-0.2, 0) is 6.61 Å². The van der Waals surface area contributed by atoms with Crippen LogP contribution in [0.15, 0.2) is 90.1 Å². The van der Waals surface area contributed by atoms with E-state index in [9.17, 15) is 10.1 Å². The van der Waals surface area contributed by atoms with Gasteiger partial charge in [-0.05, 0) is 78.2 Å². The molecular weight excluding hydrogens is 540 g/mol. The first kappa shape index (κ1) is 28.0. The Labute approximate surface area is 242 Å². The molecule has 5 aromatic rings. The van der Waals surface area contributed by atoms with Crippen molar-refractivity contribution in [3.63, 3.8) is 0 Å². The number of nitro groups is 1. The van der Waals surface area contributed by atoms with Gasteiger partial charge in [-0.15, -0.1) is 10.2 Å². The van der Waals surface area contributed by atoms with Crippen molar-refractivity contribution in [1.29, 1.82) is 0 Å². The zero-order valence-electron chi connectivity index (χ0n) is 23.0. The summed E-state index contributed by atoms with van der Waals surface area (Å²) in [6.45, 7) is 4.22. The number of aromatic nitrogens is 3. The van der Waals surface area contributed by atoms with E-state index < -0.39 is 5.25 Å². The van der Waals surface area contributed by atoms with E-state index in [1.165, 1.54) is 17.1 Å². The Morgan fingerprint density at radius 3 is 2.44 bits per heavy atom. The largest absolute Gasteiger partial charge is 0.497 e. The molecule has 10 heteroatoms. The molecule has 1 aromatic heterocycles. The number of fused-ring (bicyclic) bond motifs is 1. The molecule has 4 aromatic carbocycles. The number of hydrogen-bond donors (Lipinski definition) is 0. The third-order valence-corrected chi connectivity index (χ3v) is 7.72. The first-order chi connectivity index (χ1) is 19.9. The zero-order chi connectivity index (χ0) is 28.8. The van der Waals surface area contributed by atoms with Gasteiger partial charge in [0.2, 0.25) is 6.54 Å². The molecule has 0 bridgehead atoms. The van der Waals surface area contributed by atoms with Gasteiger partial charge in [-0.25, -0.2) is 0 Å². The van der Waals surface area contributed by atoms with Gasteiger partial charge in [0.05, 0.1) is 13.7 Å². The first-order valence-electron chi connectivity index (χ1n) is 13.2. The van der Waals surface area contributed by atoms with Crippen LogP contribution in [0, 0.1) is 17.0 Å². The highest BCUT2D eigenvalue weighted by molar-refractivity contribution is 7.99. The van der Waals surface area contributed by atoms with Crippen molar-refractivity contribution in [2.45, 2.75) is 30.9 Å². The van der Waals surface area contributed by atoms with Crippen LogP contribution in [0.25, 0.3) is 16.5 Å². The summed E-state index contributed by atoms with van der Waals surface area (Å²) in [6, 6.07) is 27.4. The van der Waals surface area contributed by atoms with Crippen LogP contribution in [0.5, 0.6) is 17.2 Å². The summed E-state index contributed by atoms with van der Waals surface area (Å²) in [5, 5.41) is 22.6. The number of hydrogen-bond acceptors (Lipinski definition) is 8. The predicted octanol–water partition coefficient (Wildman–Crippen LogP) is 6.83. The normalized spacial score (nSPS) is 11.8. The van der Waals surface area contributed by atoms with Gasteiger partial charge in [0.1, 0.15) is 23.4 Å². The molecule has 0 aliphatic carbocycles. The number of aryl methyl sites for hydroxylation is 1. The number of nitrogens with zero attached hydrogens (tertiary/aromatic N) is 4. The highest BCUT2D eigenvalue weighted by Gasteiger charge is 2.25. The maximum Gasteiger partial charge on any atom is 0.220 e. The van der Waals surface area contributed by atoms with Crippen molar-refractivity contribution in [1.82, 2.24) is 14.8 Å². The quantitative estimate of drug-likeness (QED) is 0.0914. The average Bonchev–Trinajstić information content (AvgIpc) is 3.35. The molecule has 0 saturated carbocycles. The molecule has 1 heterocycles. The van der Waals surface area contributed by atoms with Crippen LogP contribution in [0.4, 0.5) is 0 Å². The molecule has 0 spiro atoms. The molecule has 41 heavy (non-hydrogen) atoms. The van der Waals surface area contributed by atoms with E-state index >= 15 is 0 Å². The van der Waals surface area contributed by atoms with Gasteiger partial charge in [-0.2, -0.15) is 0 Å². The summed E-state index contributed by atoms with van der Waals surface area (Å²) in [5.74, 6) is 2.51. The van der Waals surface area contributed by atoms with Crippen LogP contribution < -0.4 is 14.2 Å². The molecular formula is C31H30N4O5S. The zero-order valence-corrected chi connectivity index (χ0v) is 23.8. The minimum atomic E-state index is -0.542. The SMILES string of the molecule is CCOc1cc([C@@H](C[N+](=O)[O-])Sc2nnc(C)n2-c2ccc(OC)cc2)ccc1OCc1ccc2ccccc2c1. The first-order valence-corrected chi connectivity index (χ1v) is 14.0. The second-order valence-electron chi connectivity index (χ2n) is 9.29. The van der Waals surface area contributed by atoms with Gasteiger partial charge in [0.25, 0.3) is 0 Å². The van der Waals surface area contributed by atoms with Crippen molar-refractivity contribution in [2.24, 2.45) is 0 Å². The fourth-order valence-corrected chi connectivity index (χ4v) is 5.69. The molecule has 0 amide bonds. The lowest BCUT2D eigenvalue weighted by atomic mass is 10.1. The summed E-state index contributed by atoms with van der Waals surface area (Å²) >= 11 is 1.29. The van der Waals surface area contributed by atoms with E-state index in [0.717, 1.165) is 28.0 Å². The molecule has 0 aliphatic rings. The van der Waals surface area contributed by atoms with Crippen molar-refractivity contribution in [2.75, 3.05) is 20.3 Å². The molecule has 9 nitrogen and oxygen atoms in total. The lowest BCUT2D eigenvalue weighted by Gasteiger charge is -2.17. The standard InChI is InChI=1S/C31H30N4O5S/c1-4-39-29-18-25(11-16-28(29)40-20-22-9-10-23-7-5-6-8-24(23)17-22)30(19-34(36)37)41-31-33-32-21(2)35(31)26-12-14-27(38-3)15-13-26/h5-18,30H,4,19-20H2,1-3H3/t30-/m1/s1. The van der Waals surface area contributed by atoms with Gasteiger partial charge in [-0.1, -0.05) is 54.2 Å². The van der Waals surface area contributed by atoms with Crippen LogP contribution in [0.1, 0.15) is 29.1 Å². The Bertz CT molecular complexity index is 1650. The Morgan fingerprint density at radius 2 is 1.71 bits per heavy atom. The lowest BCUT2D eigenvalue weighted by molar-refractivity contribution is -0.479. The van der Waals surface area contributed by atoms with Crippen molar-refractivity contribution < 1.29 is 19.1 Å². The summed E-state index contributed by atoms with van der Waals surface area (Å²) in [7, 11) is 1.61. The van der Waals surface area contributed by atoms with Crippen LogP contribution in [0.2, 0.25) is 0 Å². The van der Waals surface area contributed by atoms with E-state index in [1.807, 2.05) is 79.1 Å². The van der Waals surface area contributed by atoms with Gasteiger partial charge in [0.15, 0.2) is 16.7 Å². The topological polar surface area (TPSA) is 102 Å². The van der Waals surface area contributed by atoms with E-state index in [0.29, 0.717) is 35.7 Å². The molecule has 0 N–H and O–H groups in total. The highest BCUT2D eigenvalue weighted by atomic mass is 32.2.